The van der Waals surface area contributed by atoms with E-state index in [0.29, 0.717) is 17.4 Å². The van der Waals surface area contributed by atoms with Crippen molar-refractivity contribution >= 4 is 22.8 Å². The summed E-state index contributed by atoms with van der Waals surface area (Å²) < 4.78 is 5.86. The number of aliphatic hydroxyl groups is 1. The van der Waals surface area contributed by atoms with Gasteiger partial charge < -0.3 is 20.5 Å². The number of benzene rings is 1. The molecular weight excluding hydrogens is 370 g/mol. The fraction of sp³-hybridized carbons (Fsp3) is 0.333. The maximum atomic E-state index is 11.7. The first kappa shape index (κ1) is 19.1. The van der Waals surface area contributed by atoms with E-state index in [1.807, 2.05) is 18.2 Å². The molecular formula is C21H23N5O3. The van der Waals surface area contributed by atoms with Crippen LogP contribution in [0, 0.1) is 0 Å². The molecule has 2 aromatic heterocycles. The molecule has 0 saturated heterocycles. The summed E-state index contributed by atoms with van der Waals surface area (Å²) in [6, 6.07) is 8.78. The highest BCUT2D eigenvalue weighted by atomic mass is 16.5. The number of rotatable bonds is 5. The van der Waals surface area contributed by atoms with Crippen LogP contribution < -0.4 is 15.4 Å². The molecule has 3 N–H and O–H groups in total. The fourth-order valence-electron chi connectivity index (χ4n) is 3.45. The molecule has 8 nitrogen and oxygen atoms in total. The molecule has 29 heavy (non-hydrogen) atoms. The Hall–Kier alpha value is -3.26. The van der Waals surface area contributed by atoms with E-state index in [2.05, 4.69) is 25.6 Å². The molecule has 0 radical (unpaired) electrons. The first-order valence-electron chi connectivity index (χ1n) is 9.70. The number of fused-ring (bicyclic) bond motifs is 1. The second-order valence-corrected chi connectivity index (χ2v) is 7.07. The summed E-state index contributed by atoms with van der Waals surface area (Å²) in [6.07, 6.45) is 6.78. The molecule has 3 aromatic rings. The van der Waals surface area contributed by atoms with Crippen molar-refractivity contribution in [1.29, 1.82) is 0 Å². The molecule has 150 valence electrons. The monoisotopic (exact) mass is 393 g/mol. The smallest absolute Gasteiger partial charge is 0.269 e. The number of carbonyl (C=O) groups excluding carboxylic acids is 1. The third-order valence-electron chi connectivity index (χ3n) is 5.02. The van der Waals surface area contributed by atoms with Crippen LogP contribution in [0.1, 0.15) is 36.2 Å². The number of anilines is 1. The first-order chi connectivity index (χ1) is 14.1. The number of amides is 1. The summed E-state index contributed by atoms with van der Waals surface area (Å²) in [5, 5.41) is 16.7. The maximum absolute atomic E-state index is 11.7. The van der Waals surface area contributed by atoms with Crippen molar-refractivity contribution < 1.29 is 14.6 Å². The second-order valence-electron chi connectivity index (χ2n) is 7.07. The average molecular weight is 393 g/mol. The zero-order valence-electron chi connectivity index (χ0n) is 16.1. The zero-order chi connectivity index (χ0) is 20.2. The number of pyridine rings is 1. The Morgan fingerprint density at radius 1 is 1.14 bits per heavy atom. The quantitative estimate of drug-likeness (QED) is 0.611. The van der Waals surface area contributed by atoms with Gasteiger partial charge in [0.15, 0.2) is 0 Å². The third kappa shape index (κ3) is 4.43. The second kappa shape index (κ2) is 8.40. The highest BCUT2D eigenvalue weighted by Gasteiger charge is 2.23. The number of hydrogen-bond donors (Lipinski definition) is 3. The van der Waals surface area contributed by atoms with Crippen LogP contribution in [0.5, 0.6) is 11.5 Å². The minimum Gasteiger partial charge on any atom is -0.457 e. The van der Waals surface area contributed by atoms with Crippen LogP contribution in [-0.4, -0.2) is 45.2 Å². The Morgan fingerprint density at radius 3 is 2.79 bits per heavy atom. The van der Waals surface area contributed by atoms with Gasteiger partial charge in [-0.15, -0.1) is 0 Å². The number of aromatic nitrogens is 3. The standard InChI is InChI=1S/C21H23N5O3/c1-22-20(28)18-11-15(8-9-23-18)29-14-6-7-16-13(10-14)12-24-21(25-16)26-17-4-2-3-5-19(17)27/h6-12,17,19,27H,2-5H2,1H3,(H,22,28)(H,24,25,26)/t17-,19-/m0/s1. The van der Waals surface area contributed by atoms with Gasteiger partial charge in [0.25, 0.3) is 5.91 Å². The molecule has 0 spiro atoms. The average Bonchev–Trinajstić information content (AvgIpc) is 2.75. The van der Waals surface area contributed by atoms with Gasteiger partial charge >= 0.3 is 0 Å². The van der Waals surface area contributed by atoms with E-state index in [9.17, 15) is 9.90 Å². The predicted molar refractivity (Wildman–Crippen MR) is 109 cm³/mol. The van der Waals surface area contributed by atoms with Crippen LogP contribution >= 0.6 is 0 Å². The van der Waals surface area contributed by atoms with Crippen molar-refractivity contribution in [2.45, 2.75) is 37.8 Å². The largest absolute Gasteiger partial charge is 0.457 e. The minimum absolute atomic E-state index is 0.00925. The first-order valence-corrected chi connectivity index (χ1v) is 9.70. The van der Waals surface area contributed by atoms with E-state index in [1.54, 1.807) is 25.4 Å². The molecule has 8 heteroatoms. The van der Waals surface area contributed by atoms with Crippen molar-refractivity contribution in [1.82, 2.24) is 20.3 Å². The van der Waals surface area contributed by atoms with Gasteiger partial charge in [-0.05, 0) is 37.1 Å². The van der Waals surface area contributed by atoms with Crippen molar-refractivity contribution in [2.75, 3.05) is 12.4 Å². The van der Waals surface area contributed by atoms with Crippen LogP contribution in [0.15, 0.2) is 42.7 Å². The lowest BCUT2D eigenvalue weighted by Crippen LogP contribution is -2.36. The highest BCUT2D eigenvalue weighted by Crippen LogP contribution is 2.26. The van der Waals surface area contributed by atoms with Crippen LogP contribution in [0.4, 0.5) is 5.95 Å². The number of hydrogen-bond acceptors (Lipinski definition) is 7. The van der Waals surface area contributed by atoms with Gasteiger partial charge in [0.2, 0.25) is 5.95 Å². The molecule has 1 fully saturated rings. The van der Waals surface area contributed by atoms with Gasteiger partial charge in [0.05, 0.1) is 17.7 Å². The molecule has 1 aromatic carbocycles. The van der Waals surface area contributed by atoms with Crippen LogP contribution in [0.2, 0.25) is 0 Å². The summed E-state index contributed by atoms with van der Waals surface area (Å²) in [7, 11) is 1.55. The normalized spacial score (nSPS) is 19.0. The molecule has 2 atom stereocenters. The molecule has 2 heterocycles. The molecule has 0 aliphatic heterocycles. The molecule has 1 aliphatic rings. The van der Waals surface area contributed by atoms with Crippen molar-refractivity contribution in [2.24, 2.45) is 0 Å². The molecule has 0 bridgehead atoms. The summed E-state index contributed by atoms with van der Waals surface area (Å²) in [4.78, 5) is 24.7. The van der Waals surface area contributed by atoms with Crippen molar-refractivity contribution in [3.05, 3.63) is 48.4 Å². The zero-order valence-corrected chi connectivity index (χ0v) is 16.1. The van der Waals surface area contributed by atoms with Crippen LogP contribution in [-0.2, 0) is 0 Å². The Kier molecular flexibility index (Phi) is 5.53. The molecule has 0 unspecified atom stereocenters. The van der Waals surface area contributed by atoms with Gasteiger partial charge in [-0.1, -0.05) is 12.8 Å². The van der Waals surface area contributed by atoms with Crippen LogP contribution in [0.3, 0.4) is 0 Å². The lowest BCUT2D eigenvalue weighted by Gasteiger charge is -2.28. The Morgan fingerprint density at radius 2 is 1.97 bits per heavy atom. The van der Waals surface area contributed by atoms with Gasteiger partial charge in [0, 0.05) is 30.9 Å². The number of carbonyl (C=O) groups is 1. The molecule has 4 rings (SSSR count). The third-order valence-corrected chi connectivity index (χ3v) is 5.02. The number of aliphatic hydroxyl groups excluding tert-OH is 1. The molecule has 1 saturated carbocycles. The van der Waals surface area contributed by atoms with Gasteiger partial charge in [0.1, 0.15) is 17.2 Å². The Balaban J connectivity index is 1.50. The number of nitrogens with zero attached hydrogens (tertiary/aromatic N) is 3. The van der Waals surface area contributed by atoms with Crippen LogP contribution in [0.25, 0.3) is 10.9 Å². The van der Waals surface area contributed by atoms with E-state index in [-0.39, 0.29) is 23.7 Å². The van der Waals surface area contributed by atoms with Gasteiger partial charge in [-0.25, -0.2) is 9.97 Å². The molecule has 1 amide bonds. The lowest BCUT2D eigenvalue weighted by atomic mass is 9.93. The Labute approximate surface area is 168 Å². The van der Waals surface area contributed by atoms with E-state index in [0.717, 1.165) is 36.6 Å². The highest BCUT2D eigenvalue weighted by molar-refractivity contribution is 5.92. The van der Waals surface area contributed by atoms with E-state index < -0.39 is 0 Å². The summed E-state index contributed by atoms with van der Waals surface area (Å²) >= 11 is 0. The van der Waals surface area contributed by atoms with E-state index >= 15 is 0 Å². The number of nitrogens with one attached hydrogen (secondary N) is 2. The fourth-order valence-corrected chi connectivity index (χ4v) is 3.45. The Bertz CT molecular complexity index is 1030. The van der Waals surface area contributed by atoms with Crippen molar-refractivity contribution in [3.63, 3.8) is 0 Å². The molecule has 1 aliphatic carbocycles. The summed E-state index contributed by atoms with van der Waals surface area (Å²) in [6.45, 7) is 0. The van der Waals surface area contributed by atoms with E-state index in [4.69, 9.17) is 4.74 Å². The minimum atomic E-state index is -0.362. The summed E-state index contributed by atoms with van der Waals surface area (Å²) in [5.74, 6) is 1.37. The maximum Gasteiger partial charge on any atom is 0.269 e. The van der Waals surface area contributed by atoms with E-state index in [1.165, 1.54) is 6.20 Å². The SMILES string of the molecule is CNC(=O)c1cc(Oc2ccc3nc(N[C@H]4CCCC[C@@H]4O)ncc3c2)ccn1. The number of ether oxygens (including phenoxy) is 1. The summed E-state index contributed by atoms with van der Waals surface area (Å²) in [5.41, 5.74) is 1.07. The topological polar surface area (TPSA) is 109 Å². The van der Waals surface area contributed by atoms with Crippen molar-refractivity contribution in [3.8, 4) is 11.5 Å². The lowest BCUT2D eigenvalue weighted by molar-refractivity contribution is 0.0957. The predicted octanol–water partition coefficient (Wildman–Crippen LogP) is 2.89. The van der Waals surface area contributed by atoms with Gasteiger partial charge in [-0.2, -0.15) is 0 Å². The van der Waals surface area contributed by atoms with Gasteiger partial charge in [-0.3, -0.25) is 9.78 Å².